The Morgan fingerprint density at radius 3 is 1.83 bits per heavy atom. The lowest BCUT2D eigenvalue weighted by molar-refractivity contribution is 0.302. The Morgan fingerprint density at radius 2 is 1.46 bits per heavy atom. The van der Waals surface area contributed by atoms with Crippen LogP contribution in [-0.2, 0) is 4.57 Å². The van der Waals surface area contributed by atoms with E-state index in [0.717, 1.165) is 23.7 Å². The van der Waals surface area contributed by atoms with Crippen molar-refractivity contribution in [2.75, 3.05) is 19.6 Å². The topological polar surface area (TPSA) is 69.1 Å². The van der Waals surface area contributed by atoms with Crippen LogP contribution in [0.2, 0.25) is 0 Å². The molecule has 0 aliphatic heterocycles. The molecule has 1 unspecified atom stereocenters. The van der Waals surface area contributed by atoms with Gasteiger partial charge in [0.25, 0.3) is 0 Å². The minimum absolute atomic E-state index is 0.470. The highest BCUT2D eigenvalue weighted by Gasteiger charge is 2.36. The van der Waals surface area contributed by atoms with Crippen molar-refractivity contribution in [1.29, 1.82) is 0 Å². The molecule has 0 amide bonds. The Bertz CT molecular complexity index is 682. The maximum Gasteiger partial charge on any atom is 0.153 e. The highest BCUT2D eigenvalue weighted by Crippen LogP contribution is 2.49. The molecule has 1 atom stereocenters. The van der Waals surface area contributed by atoms with Crippen LogP contribution in [0, 0.1) is 0 Å². The third kappa shape index (κ3) is 3.88. The van der Waals surface area contributed by atoms with Gasteiger partial charge in [0.2, 0.25) is 0 Å². The molecule has 0 fully saturated rings. The standard InChI is InChI=1S/C18H23N4OP/c1-3-22(4-2)15-18(20-21-19)24(23,16-11-7-5-8-12-16)17-13-9-6-10-14-17/h5-14,18H,3-4,15H2,1-2H3. The van der Waals surface area contributed by atoms with Crippen LogP contribution in [-0.4, -0.2) is 30.3 Å². The van der Waals surface area contributed by atoms with Gasteiger partial charge >= 0.3 is 0 Å². The van der Waals surface area contributed by atoms with Crippen LogP contribution in [0.4, 0.5) is 0 Å². The number of nitrogens with zero attached hydrogens (tertiary/aromatic N) is 4. The quantitative estimate of drug-likeness (QED) is 0.315. The molecule has 0 spiro atoms. The number of rotatable bonds is 8. The fourth-order valence-corrected chi connectivity index (χ4v) is 5.66. The summed E-state index contributed by atoms with van der Waals surface area (Å²) in [6, 6.07) is 18.7. The number of hydrogen-bond donors (Lipinski definition) is 0. The molecule has 24 heavy (non-hydrogen) atoms. The van der Waals surface area contributed by atoms with Crippen LogP contribution in [0.1, 0.15) is 13.8 Å². The molecule has 5 nitrogen and oxygen atoms in total. The third-order valence-corrected chi connectivity index (χ3v) is 7.44. The first-order valence-corrected chi connectivity index (χ1v) is 9.91. The SMILES string of the molecule is CCN(CC)CC(N=[N+]=[N-])P(=O)(c1ccccc1)c1ccccc1. The summed E-state index contributed by atoms with van der Waals surface area (Å²) < 4.78 is 14.2. The van der Waals surface area contributed by atoms with Crippen LogP contribution >= 0.6 is 7.14 Å². The Balaban J connectivity index is 2.59. The van der Waals surface area contributed by atoms with E-state index in [9.17, 15) is 4.57 Å². The maximum absolute atomic E-state index is 14.2. The van der Waals surface area contributed by atoms with E-state index >= 15 is 0 Å². The summed E-state index contributed by atoms with van der Waals surface area (Å²) in [4.78, 5) is 5.14. The van der Waals surface area contributed by atoms with Gasteiger partial charge in [-0.15, -0.1) is 0 Å². The van der Waals surface area contributed by atoms with E-state index in [1.165, 1.54) is 0 Å². The minimum Gasteiger partial charge on any atom is -0.313 e. The van der Waals surface area contributed by atoms with E-state index in [4.69, 9.17) is 5.53 Å². The lowest BCUT2D eigenvalue weighted by Gasteiger charge is -2.29. The van der Waals surface area contributed by atoms with Gasteiger partial charge in [-0.25, -0.2) is 0 Å². The Hall–Kier alpha value is -2.06. The zero-order valence-electron chi connectivity index (χ0n) is 14.1. The zero-order chi connectivity index (χ0) is 17.4. The number of likely N-dealkylation sites (N-methyl/N-ethyl adjacent to an activating group) is 1. The zero-order valence-corrected chi connectivity index (χ0v) is 15.0. The third-order valence-electron chi connectivity index (χ3n) is 4.20. The summed E-state index contributed by atoms with van der Waals surface area (Å²) in [5.74, 6) is -0.632. The second-order valence-electron chi connectivity index (χ2n) is 5.50. The largest absolute Gasteiger partial charge is 0.313 e. The van der Waals surface area contributed by atoms with Gasteiger partial charge in [0, 0.05) is 22.1 Å². The minimum atomic E-state index is -3.09. The van der Waals surface area contributed by atoms with Crippen LogP contribution in [0.5, 0.6) is 0 Å². The second-order valence-corrected chi connectivity index (χ2v) is 8.45. The molecule has 2 aromatic carbocycles. The van der Waals surface area contributed by atoms with E-state index in [0.29, 0.717) is 6.54 Å². The highest BCUT2D eigenvalue weighted by atomic mass is 31.2. The Kier molecular flexibility index (Phi) is 6.62. The van der Waals surface area contributed by atoms with E-state index in [-0.39, 0.29) is 0 Å². The smallest absolute Gasteiger partial charge is 0.153 e. The van der Waals surface area contributed by atoms with E-state index in [1.807, 2.05) is 74.5 Å². The van der Waals surface area contributed by atoms with Crippen molar-refractivity contribution in [2.45, 2.75) is 19.6 Å². The summed E-state index contributed by atoms with van der Waals surface area (Å²) in [5.41, 5.74) is 9.07. The van der Waals surface area contributed by atoms with Gasteiger partial charge in [0.1, 0.15) is 5.78 Å². The predicted molar refractivity (Wildman–Crippen MR) is 100 cm³/mol. The molecule has 0 heterocycles. The normalized spacial score (nSPS) is 12.6. The molecule has 126 valence electrons. The van der Waals surface area contributed by atoms with E-state index < -0.39 is 12.9 Å². The van der Waals surface area contributed by atoms with Gasteiger partial charge in [-0.3, -0.25) is 0 Å². The summed E-state index contributed by atoms with van der Waals surface area (Å²) in [6.07, 6.45) is 0. The van der Waals surface area contributed by atoms with Crippen LogP contribution < -0.4 is 10.6 Å². The maximum atomic E-state index is 14.2. The van der Waals surface area contributed by atoms with Gasteiger partial charge in [0.15, 0.2) is 7.14 Å². The average Bonchev–Trinajstić information content (AvgIpc) is 2.66. The molecule has 0 aromatic heterocycles. The molecule has 0 saturated carbocycles. The molecule has 0 bridgehead atoms. The molecular weight excluding hydrogens is 319 g/mol. The van der Waals surface area contributed by atoms with Crippen LogP contribution in [0.15, 0.2) is 65.8 Å². The van der Waals surface area contributed by atoms with Crippen LogP contribution in [0.25, 0.3) is 10.4 Å². The first kappa shape index (κ1) is 18.3. The Labute approximate surface area is 143 Å². The summed E-state index contributed by atoms with van der Waals surface area (Å²) >= 11 is 0. The van der Waals surface area contributed by atoms with E-state index in [1.54, 1.807) is 0 Å². The molecule has 0 aliphatic carbocycles. The van der Waals surface area contributed by atoms with Crippen molar-refractivity contribution in [2.24, 2.45) is 5.11 Å². The summed E-state index contributed by atoms with van der Waals surface area (Å²) in [5, 5.41) is 5.41. The molecule has 0 aliphatic rings. The van der Waals surface area contributed by atoms with Gasteiger partial charge in [-0.05, 0) is 18.6 Å². The second kappa shape index (κ2) is 8.70. The fourth-order valence-electron chi connectivity index (χ4n) is 2.79. The van der Waals surface area contributed by atoms with Gasteiger partial charge in [-0.1, -0.05) is 79.6 Å². The van der Waals surface area contributed by atoms with Gasteiger partial charge < -0.3 is 9.46 Å². The molecule has 6 heteroatoms. The van der Waals surface area contributed by atoms with Gasteiger partial charge in [0.05, 0.1) is 0 Å². The summed E-state index contributed by atoms with van der Waals surface area (Å²) in [7, 11) is -3.09. The molecule has 0 N–H and O–H groups in total. The number of hydrogen-bond acceptors (Lipinski definition) is 3. The van der Waals surface area contributed by atoms with Crippen molar-refractivity contribution in [1.82, 2.24) is 4.90 Å². The van der Waals surface area contributed by atoms with Crippen LogP contribution in [0.3, 0.4) is 0 Å². The number of benzene rings is 2. The highest BCUT2D eigenvalue weighted by molar-refractivity contribution is 7.79. The lowest BCUT2D eigenvalue weighted by Crippen LogP contribution is -2.35. The molecular formula is C18H23N4OP. The van der Waals surface area contributed by atoms with Crippen molar-refractivity contribution in [3.8, 4) is 0 Å². The molecule has 0 radical (unpaired) electrons. The number of azide groups is 1. The monoisotopic (exact) mass is 342 g/mol. The average molecular weight is 342 g/mol. The van der Waals surface area contributed by atoms with Crippen molar-refractivity contribution in [3.05, 3.63) is 71.1 Å². The molecule has 2 aromatic rings. The van der Waals surface area contributed by atoms with Crippen molar-refractivity contribution >= 4 is 17.8 Å². The first-order chi connectivity index (χ1) is 11.7. The predicted octanol–water partition coefficient (Wildman–Crippen LogP) is 3.98. The lowest BCUT2D eigenvalue weighted by atomic mass is 10.4. The van der Waals surface area contributed by atoms with Crippen molar-refractivity contribution in [3.63, 3.8) is 0 Å². The summed E-state index contributed by atoms with van der Waals surface area (Å²) in [6.45, 7) is 6.20. The fraction of sp³-hybridized carbons (Fsp3) is 0.333. The van der Waals surface area contributed by atoms with Gasteiger partial charge in [-0.2, -0.15) is 0 Å². The first-order valence-electron chi connectivity index (χ1n) is 8.14. The van der Waals surface area contributed by atoms with Crippen molar-refractivity contribution < 1.29 is 4.57 Å². The Morgan fingerprint density at radius 1 is 1.00 bits per heavy atom. The molecule has 0 saturated heterocycles. The molecule has 2 rings (SSSR count). The van der Waals surface area contributed by atoms with E-state index in [2.05, 4.69) is 14.9 Å².